The first-order valence-electron chi connectivity index (χ1n) is 5.85. The monoisotopic (exact) mass is 263 g/mol. The third-order valence-electron chi connectivity index (χ3n) is 2.87. The van der Waals surface area contributed by atoms with Crippen molar-refractivity contribution in [3.8, 4) is 0 Å². The first-order chi connectivity index (χ1) is 7.54. The van der Waals surface area contributed by atoms with Gasteiger partial charge in [0.15, 0.2) is 0 Å². The van der Waals surface area contributed by atoms with E-state index in [-0.39, 0.29) is 36.2 Å². The van der Waals surface area contributed by atoms with Crippen molar-refractivity contribution in [3.05, 3.63) is 0 Å². The third kappa shape index (κ3) is 4.91. The average Bonchev–Trinajstić information content (AvgIpc) is 2.59. The second-order valence-corrected chi connectivity index (χ2v) is 4.39. The second-order valence-electron chi connectivity index (χ2n) is 4.39. The van der Waals surface area contributed by atoms with Crippen molar-refractivity contribution >= 4 is 24.2 Å². The summed E-state index contributed by atoms with van der Waals surface area (Å²) in [6, 6.07) is 0.0950. The van der Waals surface area contributed by atoms with Gasteiger partial charge in [-0.1, -0.05) is 0 Å². The summed E-state index contributed by atoms with van der Waals surface area (Å²) in [6.07, 6.45) is 1.11. The van der Waals surface area contributed by atoms with Gasteiger partial charge in [0.25, 0.3) is 0 Å². The molecule has 0 bridgehead atoms. The van der Waals surface area contributed by atoms with Crippen LogP contribution in [-0.2, 0) is 9.59 Å². The molecule has 0 aromatic rings. The molecule has 0 radical (unpaired) electrons. The van der Waals surface area contributed by atoms with E-state index in [1.54, 1.807) is 4.90 Å². The van der Waals surface area contributed by atoms with Crippen LogP contribution in [0.3, 0.4) is 0 Å². The zero-order valence-electron chi connectivity index (χ0n) is 10.4. The molecule has 2 amide bonds. The summed E-state index contributed by atoms with van der Waals surface area (Å²) >= 11 is 0. The molecule has 0 aliphatic carbocycles. The van der Waals surface area contributed by atoms with Crippen molar-refractivity contribution in [2.45, 2.75) is 32.7 Å². The van der Waals surface area contributed by atoms with Gasteiger partial charge in [-0.25, -0.2) is 0 Å². The summed E-state index contributed by atoms with van der Waals surface area (Å²) in [5.74, 6) is -0.125. The van der Waals surface area contributed by atoms with E-state index in [1.807, 2.05) is 13.8 Å². The Kier molecular flexibility index (Phi) is 7.15. The van der Waals surface area contributed by atoms with Crippen molar-refractivity contribution in [3.63, 3.8) is 0 Å². The molecule has 6 heteroatoms. The Labute approximate surface area is 109 Å². The molecule has 3 N–H and O–H groups in total. The second kappa shape index (κ2) is 7.50. The highest BCUT2D eigenvalue weighted by Crippen LogP contribution is 2.17. The van der Waals surface area contributed by atoms with E-state index in [0.29, 0.717) is 26.1 Å². The Hall–Kier alpha value is -0.810. The van der Waals surface area contributed by atoms with Gasteiger partial charge in [-0.2, -0.15) is 0 Å². The van der Waals surface area contributed by atoms with E-state index >= 15 is 0 Å². The Morgan fingerprint density at radius 1 is 1.65 bits per heavy atom. The van der Waals surface area contributed by atoms with Crippen LogP contribution in [0.2, 0.25) is 0 Å². The van der Waals surface area contributed by atoms with Crippen molar-refractivity contribution in [2.75, 3.05) is 19.6 Å². The van der Waals surface area contributed by atoms with E-state index in [0.717, 1.165) is 6.42 Å². The molecule has 1 saturated heterocycles. The molecule has 1 heterocycles. The predicted octanol–water partition coefficient (Wildman–Crippen LogP) is 0.130. The molecule has 1 aliphatic heterocycles. The maximum absolute atomic E-state index is 11.7. The lowest BCUT2D eigenvalue weighted by Gasteiger charge is -2.14. The van der Waals surface area contributed by atoms with Crippen molar-refractivity contribution in [2.24, 2.45) is 11.7 Å². The van der Waals surface area contributed by atoms with Gasteiger partial charge in [0.05, 0.1) is 5.92 Å². The van der Waals surface area contributed by atoms with E-state index in [9.17, 15) is 9.59 Å². The summed E-state index contributed by atoms with van der Waals surface area (Å²) in [5, 5.41) is 2.82. The van der Waals surface area contributed by atoms with Crippen molar-refractivity contribution in [1.82, 2.24) is 10.2 Å². The Morgan fingerprint density at radius 3 is 2.76 bits per heavy atom. The van der Waals surface area contributed by atoms with E-state index in [1.165, 1.54) is 0 Å². The lowest BCUT2D eigenvalue weighted by Crippen LogP contribution is -2.35. The average molecular weight is 264 g/mol. The molecular formula is C11H22ClN3O2. The van der Waals surface area contributed by atoms with Gasteiger partial charge < -0.3 is 16.0 Å². The van der Waals surface area contributed by atoms with Gasteiger partial charge in [-0.3, -0.25) is 9.59 Å². The number of likely N-dealkylation sites (tertiary alicyclic amines) is 1. The van der Waals surface area contributed by atoms with Crippen molar-refractivity contribution in [1.29, 1.82) is 0 Å². The van der Waals surface area contributed by atoms with Crippen LogP contribution < -0.4 is 11.1 Å². The van der Waals surface area contributed by atoms with Crippen LogP contribution in [0.25, 0.3) is 0 Å². The largest absolute Gasteiger partial charge is 0.356 e. The standard InChI is InChI=1S/C11H21N3O2.ClH/c1-3-14-7-9(6-10(14)15)11(16)13-5-4-8(2)12;/h8-9H,3-7,12H2,1-2H3,(H,13,16);1H. The van der Waals surface area contributed by atoms with Crippen LogP contribution in [-0.4, -0.2) is 42.4 Å². The molecule has 0 aromatic heterocycles. The Morgan fingerprint density at radius 2 is 2.29 bits per heavy atom. The van der Waals surface area contributed by atoms with Crippen LogP contribution in [0, 0.1) is 5.92 Å². The maximum Gasteiger partial charge on any atom is 0.225 e. The lowest BCUT2D eigenvalue weighted by atomic mass is 10.1. The molecule has 0 aromatic carbocycles. The minimum Gasteiger partial charge on any atom is -0.356 e. The quantitative estimate of drug-likeness (QED) is 0.740. The molecule has 1 aliphatic rings. The maximum atomic E-state index is 11.7. The van der Waals surface area contributed by atoms with E-state index in [2.05, 4.69) is 5.32 Å². The number of nitrogens with zero attached hydrogens (tertiary/aromatic N) is 1. The number of hydrogen-bond donors (Lipinski definition) is 2. The number of rotatable bonds is 5. The van der Waals surface area contributed by atoms with Crippen LogP contribution in [0.5, 0.6) is 0 Å². The van der Waals surface area contributed by atoms with Crippen LogP contribution in [0.1, 0.15) is 26.7 Å². The number of nitrogens with two attached hydrogens (primary N) is 1. The topological polar surface area (TPSA) is 75.4 Å². The molecule has 0 spiro atoms. The first kappa shape index (κ1) is 16.2. The molecule has 2 atom stereocenters. The number of amides is 2. The SMILES string of the molecule is CCN1CC(C(=O)NCCC(C)N)CC1=O.Cl. The zero-order valence-corrected chi connectivity index (χ0v) is 11.3. The molecule has 1 rings (SSSR count). The molecule has 17 heavy (non-hydrogen) atoms. The molecule has 0 saturated carbocycles. The van der Waals surface area contributed by atoms with Crippen LogP contribution in [0.4, 0.5) is 0 Å². The number of nitrogens with one attached hydrogen (secondary N) is 1. The van der Waals surface area contributed by atoms with Crippen LogP contribution in [0.15, 0.2) is 0 Å². The van der Waals surface area contributed by atoms with E-state index in [4.69, 9.17) is 5.73 Å². The molecule has 1 fully saturated rings. The number of halogens is 1. The number of hydrogen-bond acceptors (Lipinski definition) is 3. The highest BCUT2D eigenvalue weighted by atomic mass is 35.5. The van der Waals surface area contributed by atoms with Gasteiger partial charge in [0.2, 0.25) is 11.8 Å². The van der Waals surface area contributed by atoms with Crippen molar-refractivity contribution < 1.29 is 9.59 Å². The number of carbonyl (C=O) groups excluding carboxylic acids is 2. The Balaban J connectivity index is 0.00000256. The fraction of sp³-hybridized carbons (Fsp3) is 0.818. The lowest BCUT2D eigenvalue weighted by molar-refractivity contribution is -0.128. The zero-order chi connectivity index (χ0) is 12.1. The number of carbonyl (C=O) groups is 2. The normalized spacial score (nSPS) is 21.0. The summed E-state index contributed by atoms with van der Waals surface area (Å²) in [4.78, 5) is 24.8. The van der Waals surface area contributed by atoms with Gasteiger partial charge in [0.1, 0.15) is 0 Å². The van der Waals surface area contributed by atoms with Gasteiger partial charge in [0, 0.05) is 32.1 Å². The third-order valence-corrected chi connectivity index (χ3v) is 2.87. The predicted molar refractivity (Wildman–Crippen MR) is 68.9 cm³/mol. The minimum absolute atomic E-state index is 0. The molecule has 5 nitrogen and oxygen atoms in total. The first-order valence-corrected chi connectivity index (χ1v) is 5.85. The van der Waals surface area contributed by atoms with Gasteiger partial charge in [-0.05, 0) is 20.3 Å². The fourth-order valence-corrected chi connectivity index (χ4v) is 1.82. The highest BCUT2D eigenvalue weighted by Gasteiger charge is 2.32. The Bertz CT molecular complexity index is 271. The van der Waals surface area contributed by atoms with Crippen LogP contribution >= 0.6 is 12.4 Å². The fourth-order valence-electron chi connectivity index (χ4n) is 1.82. The smallest absolute Gasteiger partial charge is 0.225 e. The summed E-state index contributed by atoms with van der Waals surface area (Å²) in [6.45, 7) is 5.66. The summed E-state index contributed by atoms with van der Waals surface area (Å²) in [5.41, 5.74) is 5.58. The summed E-state index contributed by atoms with van der Waals surface area (Å²) in [7, 11) is 0. The minimum atomic E-state index is -0.180. The van der Waals surface area contributed by atoms with Gasteiger partial charge >= 0.3 is 0 Å². The highest BCUT2D eigenvalue weighted by molar-refractivity contribution is 5.89. The summed E-state index contributed by atoms with van der Waals surface area (Å²) < 4.78 is 0. The molecule has 100 valence electrons. The van der Waals surface area contributed by atoms with E-state index < -0.39 is 0 Å². The molecular weight excluding hydrogens is 242 g/mol. The van der Waals surface area contributed by atoms with Gasteiger partial charge in [-0.15, -0.1) is 12.4 Å². The molecule has 2 unspecified atom stereocenters.